The minimum atomic E-state index is -1.07. The van der Waals surface area contributed by atoms with E-state index in [9.17, 15) is 9.18 Å². The minimum Gasteiger partial charge on any atom is -0.444 e. The van der Waals surface area contributed by atoms with Crippen LogP contribution >= 0.6 is 0 Å². The average Bonchev–Trinajstić information content (AvgIpc) is 2.32. The Hall–Kier alpha value is -1.61. The number of hydrogen-bond donors (Lipinski definition) is 0. The molecule has 0 spiro atoms. The zero-order valence-corrected chi connectivity index (χ0v) is 12.8. The van der Waals surface area contributed by atoms with Gasteiger partial charge in [-0.2, -0.15) is 5.26 Å². The summed E-state index contributed by atoms with van der Waals surface area (Å²) in [6.07, 6.45) is 0.604. The maximum atomic E-state index is 14.3. The molecule has 2 atom stereocenters. The number of carbonyl (C=O) groups excluding carboxylic acids is 1. The second kappa shape index (κ2) is 6.02. The Morgan fingerprint density at radius 1 is 1.48 bits per heavy atom. The Morgan fingerprint density at radius 3 is 2.67 bits per heavy atom. The quantitative estimate of drug-likeness (QED) is 0.695. The molecule has 5 nitrogen and oxygen atoms in total. The molecular formula is C15H22FN3O2. The topological polar surface area (TPSA) is 56.6 Å². The van der Waals surface area contributed by atoms with Gasteiger partial charge in [0.2, 0.25) is 0 Å². The van der Waals surface area contributed by atoms with Gasteiger partial charge in [0.05, 0.1) is 12.6 Å². The highest BCUT2D eigenvalue weighted by Gasteiger charge is 2.39. The van der Waals surface area contributed by atoms with Crippen LogP contribution in [0.1, 0.15) is 27.2 Å². The van der Waals surface area contributed by atoms with Crippen molar-refractivity contribution in [3.05, 3.63) is 11.6 Å². The van der Waals surface area contributed by atoms with Gasteiger partial charge in [0.15, 0.2) is 0 Å². The summed E-state index contributed by atoms with van der Waals surface area (Å²) in [5, 5.41) is 8.56. The molecule has 2 aliphatic heterocycles. The van der Waals surface area contributed by atoms with E-state index >= 15 is 0 Å². The number of allylic oxidation sites excluding steroid dienone is 1. The van der Waals surface area contributed by atoms with Crippen molar-refractivity contribution in [2.45, 2.75) is 45.0 Å². The first-order valence-corrected chi connectivity index (χ1v) is 7.24. The summed E-state index contributed by atoms with van der Waals surface area (Å²) in [7, 11) is 0. The summed E-state index contributed by atoms with van der Waals surface area (Å²) in [6, 6.07) is 1.83. The van der Waals surface area contributed by atoms with Gasteiger partial charge in [-0.25, -0.2) is 9.18 Å². The number of piperidine rings is 1. The van der Waals surface area contributed by atoms with Crippen molar-refractivity contribution >= 4 is 6.09 Å². The molecule has 1 amide bonds. The van der Waals surface area contributed by atoms with Gasteiger partial charge >= 0.3 is 6.09 Å². The lowest BCUT2D eigenvalue weighted by atomic mass is 9.96. The van der Waals surface area contributed by atoms with Crippen LogP contribution < -0.4 is 0 Å². The molecule has 0 aromatic rings. The van der Waals surface area contributed by atoms with Gasteiger partial charge in [0.25, 0.3) is 0 Å². The van der Waals surface area contributed by atoms with E-state index in [2.05, 4.69) is 0 Å². The van der Waals surface area contributed by atoms with Crippen molar-refractivity contribution in [2.24, 2.45) is 0 Å². The van der Waals surface area contributed by atoms with Gasteiger partial charge in [-0.15, -0.1) is 0 Å². The van der Waals surface area contributed by atoms with E-state index in [0.29, 0.717) is 26.1 Å². The van der Waals surface area contributed by atoms with Gasteiger partial charge in [-0.05, 0) is 32.8 Å². The zero-order chi connectivity index (χ0) is 15.6. The van der Waals surface area contributed by atoms with Crippen LogP contribution in [0.15, 0.2) is 11.6 Å². The average molecular weight is 295 g/mol. The molecule has 21 heavy (non-hydrogen) atoms. The molecule has 0 bridgehead atoms. The molecule has 2 aliphatic rings. The third-order valence-corrected chi connectivity index (χ3v) is 3.71. The third-order valence-electron chi connectivity index (χ3n) is 3.71. The van der Waals surface area contributed by atoms with Crippen LogP contribution in [0.25, 0.3) is 0 Å². The first-order valence-electron chi connectivity index (χ1n) is 7.24. The van der Waals surface area contributed by atoms with Crippen molar-refractivity contribution in [3.8, 4) is 6.07 Å². The van der Waals surface area contributed by atoms with Crippen molar-refractivity contribution in [2.75, 3.05) is 26.2 Å². The second-order valence-corrected chi connectivity index (χ2v) is 6.64. The summed E-state index contributed by atoms with van der Waals surface area (Å²) >= 11 is 0. The Kier molecular flexibility index (Phi) is 4.52. The SMILES string of the molecule is CC(C)(C)OC(=O)N1CC[C@@H](N2CC(=CC#N)C2)[C@@H](F)C1. The van der Waals surface area contributed by atoms with Crippen LogP contribution in [-0.4, -0.2) is 59.9 Å². The molecule has 0 aliphatic carbocycles. The molecule has 0 unspecified atom stereocenters. The Labute approximate surface area is 125 Å². The summed E-state index contributed by atoms with van der Waals surface area (Å²) < 4.78 is 19.6. The van der Waals surface area contributed by atoms with E-state index in [4.69, 9.17) is 10.00 Å². The normalized spacial score (nSPS) is 26.8. The minimum absolute atomic E-state index is 0.0768. The highest BCUT2D eigenvalue weighted by atomic mass is 19.1. The van der Waals surface area contributed by atoms with Crippen LogP contribution in [0.3, 0.4) is 0 Å². The van der Waals surface area contributed by atoms with Crippen LogP contribution in [0.5, 0.6) is 0 Å². The van der Waals surface area contributed by atoms with E-state index < -0.39 is 17.9 Å². The second-order valence-electron chi connectivity index (χ2n) is 6.64. The van der Waals surface area contributed by atoms with Crippen LogP contribution in [-0.2, 0) is 4.74 Å². The van der Waals surface area contributed by atoms with Gasteiger partial charge in [-0.3, -0.25) is 4.90 Å². The van der Waals surface area contributed by atoms with E-state index in [1.54, 1.807) is 20.8 Å². The fourth-order valence-corrected chi connectivity index (χ4v) is 2.69. The van der Waals surface area contributed by atoms with E-state index in [1.807, 2.05) is 11.0 Å². The molecule has 2 saturated heterocycles. The summed E-state index contributed by atoms with van der Waals surface area (Å²) in [5.74, 6) is 0. The fourth-order valence-electron chi connectivity index (χ4n) is 2.69. The van der Waals surface area contributed by atoms with Gasteiger partial charge in [-0.1, -0.05) is 0 Å². The molecule has 2 fully saturated rings. The van der Waals surface area contributed by atoms with Gasteiger partial charge in [0.1, 0.15) is 11.8 Å². The number of nitrogens with zero attached hydrogens (tertiary/aromatic N) is 3. The number of likely N-dealkylation sites (tertiary alicyclic amines) is 2. The van der Waals surface area contributed by atoms with Crippen molar-refractivity contribution in [1.82, 2.24) is 9.80 Å². The highest BCUT2D eigenvalue weighted by Crippen LogP contribution is 2.27. The smallest absolute Gasteiger partial charge is 0.410 e. The number of carbonyl (C=O) groups is 1. The lowest BCUT2D eigenvalue weighted by Crippen LogP contribution is -2.58. The number of rotatable bonds is 1. The third kappa shape index (κ3) is 3.94. The Balaban J connectivity index is 1.84. The first-order chi connectivity index (χ1) is 9.80. The molecule has 0 aromatic heterocycles. The van der Waals surface area contributed by atoms with Crippen molar-refractivity contribution < 1.29 is 13.9 Å². The lowest BCUT2D eigenvalue weighted by Gasteiger charge is -2.45. The van der Waals surface area contributed by atoms with Gasteiger partial charge < -0.3 is 9.64 Å². The van der Waals surface area contributed by atoms with Crippen LogP contribution in [0, 0.1) is 11.3 Å². The van der Waals surface area contributed by atoms with Crippen LogP contribution in [0.2, 0.25) is 0 Å². The number of alkyl halides is 1. The number of hydrogen-bond acceptors (Lipinski definition) is 4. The molecule has 2 heterocycles. The van der Waals surface area contributed by atoms with Crippen molar-refractivity contribution in [3.63, 3.8) is 0 Å². The van der Waals surface area contributed by atoms with Crippen molar-refractivity contribution in [1.29, 1.82) is 5.26 Å². The van der Waals surface area contributed by atoms with E-state index in [1.165, 1.54) is 11.0 Å². The zero-order valence-electron chi connectivity index (χ0n) is 12.8. The maximum absolute atomic E-state index is 14.3. The van der Waals surface area contributed by atoms with Gasteiger partial charge in [0, 0.05) is 31.8 Å². The maximum Gasteiger partial charge on any atom is 0.410 e. The highest BCUT2D eigenvalue weighted by molar-refractivity contribution is 5.68. The number of halogens is 1. The molecule has 0 saturated carbocycles. The molecular weight excluding hydrogens is 273 g/mol. The fraction of sp³-hybridized carbons (Fsp3) is 0.733. The molecule has 2 rings (SSSR count). The number of amides is 1. The summed E-state index contributed by atoms with van der Waals surface area (Å²) in [6.45, 7) is 7.30. The predicted molar refractivity (Wildman–Crippen MR) is 76.4 cm³/mol. The first kappa shape index (κ1) is 15.8. The summed E-state index contributed by atoms with van der Waals surface area (Å²) in [4.78, 5) is 15.4. The Morgan fingerprint density at radius 2 is 2.14 bits per heavy atom. The molecule has 116 valence electrons. The lowest BCUT2D eigenvalue weighted by molar-refractivity contribution is -0.00856. The molecule has 6 heteroatoms. The predicted octanol–water partition coefficient (Wildman–Crippen LogP) is 2.10. The molecule has 0 radical (unpaired) electrons. The summed E-state index contributed by atoms with van der Waals surface area (Å²) in [5.41, 5.74) is 0.480. The monoisotopic (exact) mass is 295 g/mol. The molecule has 0 N–H and O–H groups in total. The van der Waals surface area contributed by atoms with E-state index in [0.717, 1.165) is 5.57 Å². The number of ether oxygens (including phenoxy) is 1. The van der Waals surface area contributed by atoms with Crippen LogP contribution in [0.4, 0.5) is 9.18 Å². The molecule has 0 aromatic carbocycles. The van der Waals surface area contributed by atoms with E-state index in [-0.39, 0.29) is 12.6 Å². The number of nitriles is 1. The Bertz CT molecular complexity index is 470. The standard InChI is InChI=1S/C15H22FN3O2/c1-15(2,3)21-14(20)18-7-5-13(12(16)10-18)19-8-11(9-19)4-6-17/h4,12-13H,5,7-10H2,1-3H3/t12-,13+/m0/s1. The largest absolute Gasteiger partial charge is 0.444 e.